The van der Waals surface area contributed by atoms with E-state index in [-0.39, 0.29) is 16.9 Å². The van der Waals surface area contributed by atoms with E-state index in [0.717, 1.165) is 6.07 Å². The Morgan fingerprint density at radius 3 is 2.43 bits per heavy atom. The molecule has 1 rings (SSSR count). The molecule has 0 fully saturated rings. The van der Waals surface area contributed by atoms with Crippen LogP contribution in [0.25, 0.3) is 0 Å². The molecule has 0 amide bonds. The van der Waals surface area contributed by atoms with Gasteiger partial charge in [0.05, 0.1) is 0 Å². The first-order valence-electron chi connectivity index (χ1n) is 3.71. The summed E-state index contributed by atoms with van der Waals surface area (Å²) in [6.07, 6.45) is 0. The van der Waals surface area contributed by atoms with Crippen LogP contribution < -0.4 is 15.9 Å². The van der Waals surface area contributed by atoms with Gasteiger partial charge in [0.1, 0.15) is 5.75 Å². The summed E-state index contributed by atoms with van der Waals surface area (Å²) in [6, 6.07) is 3.48. The third kappa shape index (κ3) is 2.58. The van der Waals surface area contributed by atoms with Crippen LogP contribution in [-0.4, -0.2) is 23.8 Å². The minimum Gasteiger partial charge on any atom is -0.435 e. The molecule has 1 aromatic rings. The molecule has 76 valence electrons. The molecule has 14 heavy (non-hydrogen) atoms. The quantitative estimate of drug-likeness (QED) is 0.459. The average Bonchev–Trinajstić information content (AvgIpc) is 2.01. The predicted molar refractivity (Wildman–Crippen MR) is 47.3 cm³/mol. The van der Waals surface area contributed by atoms with Crippen LogP contribution in [0.15, 0.2) is 18.2 Å². The summed E-state index contributed by atoms with van der Waals surface area (Å²) in [5.41, 5.74) is 5.39. The van der Waals surface area contributed by atoms with E-state index in [9.17, 15) is 8.78 Å². The van der Waals surface area contributed by atoms with Crippen molar-refractivity contribution >= 4 is 18.3 Å². The van der Waals surface area contributed by atoms with Gasteiger partial charge < -0.3 is 20.5 Å². The van der Waals surface area contributed by atoms with Crippen LogP contribution in [0.5, 0.6) is 5.75 Å². The molecular weight excluding hydrogens is 195 g/mol. The summed E-state index contributed by atoms with van der Waals surface area (Å²) in [5.74, 6) is -0.123. The van der Waals surface area contributed by atoms with Crippen molar-refractivity contribution in [3.05, 3.63) is 18.2 Å². The Bertz CT molecular complexity index is 322. The molecular formula is C7H8BF2NO3. The van der Waals surface area contributed by atoms with E-state index in [2.05, 4.69) is 4.74 Å². The van der Waals surface area contributed by atoms with E-state index in [0.29, 0.717) is 0 Å². The van der Waals surface area contributed by atoms with Gasteiger partial charge in [-0.1, -0.05) is 6.07 Å². The lowest BCUT2D eigenvalue weighted by Crippen LogP contribution is -2.32. The maximum absolute atomic E-state index is 11.7. The second-order valence-corrected chi connectivity index (χ2v) is 2.54. The van der Waals surface area contributed by atoms with Crippen LogP contribution in [0.1, 0.15) is 0 Å². The molecule has 7 heteroatoms. The van der Waals surface area contributed by atoms with Crippen molar-refractivity contribution in [3.8, 4) is 5.75 Å². The molecule has 0 saturated heterocycles. The van der Waals surface area contributed by atoms with E-state index in [1.165, 1.54) is 12.1 Å². The van der Waals surface area contributed by atoms with Crippen molar-refractivity contribution in [2.75, 3.05) is 5.73 Å². The SMILES string of the molecule is Nc1cc(OC(F)F)ccc1B(O)O. The zero-order chi connectivity index (χ0) is 10.7. The highest BCUT2D eigenvalue weighted by Gasteiger charge is 2.15. The first-order chi connectivity index (χ1) is 6.50. The van der Waals surface area contributed by atoms with Crippen LogP contribution in [0, 0.1) is 0 Å². The molecule has 0 spiro atoms. The van der Waals surface area contributed by atoms with Gasteiger partial charge in [-0.3, -0.25) is 0 Å². The van der Waals surface area contributed by atoms with E-state index in [1.54, 1.807) is 0 Å². The van der Waals surface area contributed by atoms with Crippen LogP contribution in [0.3, 0.4) is 0 Å². The largest absolute Gasteiger partial charge is 0.490 e. The smallest absolute Gasteiger partial charge is 0.435 e. The number of ether oxygens (including phenoxy) is 1. The summed E-state index contributed by atoms with van der Waals surface area (Å²) in [4.78, 5) is 0. The molecule has 0 saturated carbocycles. The van der Waals surface area contributed by atoms with Crippen LogP contribution in [0.4, 0.5) is 14.5 Å². The normalized spacial score (nSPS) is 10.4. The first kappa shape index (κ1) is 10.7. The lowest BCUT2D eigenvalue weighted by atomic mass is 9.79. The fourth-order valence-corrected chi connectivity index (χ4v) is 0.964. The first-order valence-corrected chi connectivity index (χ1v) is 3.71. The van der Waals surface area contributed by atoms with Gasteiger partial charge in [-0.25, -0.2) is 0 Å². The lowest BCUT2D eigenvalue weighted by molar-refractivity contribution is -0.0497. The number of nitrogens with two attached hydrogens (primary N) is 1. The molecule has 4 N–H and O–H groups in total. The summed E-state index contributed by atoms with van der Waals surface area (Å²) in [5, 5.41) is 17.5. The second-order valence-electron chi connectivity index (χ2n) is 2.54. The van der Waals surface area contributed by atoms with Gasteiger partial charge in [0.15, 0.2) is 0 Å². The molecule has 1 aromatic carbocycles. The van der Waals surface area contributed by atoms with Gasteiger partial charge in [0.2, 0.25) is 0 Å². The minimum atomic E-state index is -2.93. The van der Waals surface area contributed by atoms with Crippen molar-refractivity contribution in [1.29, 1.82) is 0 Å². The highest BCUT2D eigenvalue weighted by molar-refractivity contribution is 6.60. The lowest BCUT2D eigenvalue weighted by Gasteiger charge is -2.08. The van der Waals surface area contributed by atoms with Crippen molar-refractivity contribution in [2.45, 2.75) is 6.61 Å². The van der Waals surface area contributed by atoms with Gasteiger partial charge in [0.25, 0.3) is 0 Å². The number of nitrogen functional groups attached to an aromatic ring is 1. The fraction of sp³-hybridized carbons (Fsp3) is 0.143. The molecule has 0 unspecified atom stereocenters. The highest BCUT2D eigenvalue weighted by atomic mass is 19.3. The van der Waals surface area contributed by atoms with Gasteiger partial charge in [0, 0.05) is 17.2 Å². The number of alkyl halides is 2. The van der Waals surface area contributed by atoms with E-state index < -0.39 is 13.7 Å². The summed E-state index contributed by atoms with van der Waals surface area (Å²) in [7, 11) is -1.73. The fourth-order valence-electron chi connectivity index (χ4n) is 0.964. The van der Waals surface area contributed by atoms with Crippen LogP contribution in [0.2, 0.25) is 0 Å². The third-order valence-corrected chi connectivity index (χ3v) is 1.56. The average molecular weight is 203 g/mol. The van der Waals surface area contributed by atoms with Crippen molar-refractivity contribution < 1.29 is 23.6 Å². The number of halogens is 2. The van der Waals surface area contributed by atoms with Crippen LogP contribution in [-0.2, 0) is 0 Å². The molecule has 0 heterocycles. The molecule has 0 aliphatic rings. The van der Waals surface area contributed by atoms with Gasteiger partial charge in [-0.2, -0.15) is 8.78 Å². The Balaban J connectivity index is 2.89. The summed E-state index contributed by atoms with van der Waals surface area (Å²) < 4.78 is 27.6. The minimum absolute atomic E-state index is 0.0156. The number of rotatable bonds is 3. The molecule has 0 bridgehead atoms. The molecule has 0 aliphatic heterocycles. The Morgan fingerprint density at radius 2 is 2.00 bits per heavy atom. The summed E-state index contributed by atoms with van der Waals surface area (Å²) >= 11 is 0. The van der Waals surface area contributed by atoms with Crippen molar-refractivity contribution in [2.24, 2.45) is 0 Å². The number of hydrogen-bond acceptors (Lipinski definition) is 4. The van der Waals surface area contributed by atoms with Gasteiger partial charge in [-0.15, -0.1) is 0 Å². The van der Waals surface area contributed by atoms with E-state index in [1.807, 2.05) is 0 Å². The van der Waals surface area contributed by atoms with Gasteiger partial charge in [-0.05, 0) is 6.07 Å². The van der Waals surface area contributed by atoms with E-state index in [4.69, 9.17) is 15.8 Å². The zero-order valence-corrected chi connectivity index (χ0v) is 7.02. The topological polar surface area (TPSA) is 75.7 Å². The third-order valence-electron chi connectivity index (χ3n) is 1.56. The maximum atomic E-state index is 11.7. The molecule has 4 nitrogen and oxygen atoms in total. The molecule has 0 atom stereocenters. The molecule has 0 aromatic heterocycles. The molecule has 0 aliphatic carbocycles. The number of hydrogen-bond donors (Lipinski definition) is 3. The highest BCUT2D eigenvalue weighted by Crippen LogP contribution is 2.15. The zero-order valence-electron chi connectivity index (χ0n) is 7.02. The Morgan fingerprint density at radius 1 is 1.36 bits per heavy atom. The maximum Gasteiger partial charge on any atom is 0.490 e. The van der Waals surface area contributed by atoms with E-state index >= 15 is 0 Å². The predicted octanol–water partition coefficient (Wildman–Crippen LogP) is -0.450. The number of benzene rings is 1. The monoisotopic (exact) mass is 203 g/mol. The van der Waals surface area contributed by atoms with Gasteiger partial charge >= 0.3 is 13.7 Å². The summed E-state index contributed by atoms with van der Waals surface area (Å²) in [6.45, 7) is -2.93. The van der Waals surface area contributed by atoms with Crippen molar-refractivity contribution in [3.63, 3.8) is 0 Å². The second kappa shape index (κ2) is 4.25. The molecule has 0 radical (unpaired) electrons. The standard InChI is InChI=1S/C7H8BF2NO3/c9-7(10)14-4-1-2-5(8(12)13)6(11)3-4/h1-3,7,12-13H,11H2. The Labute approximate surface area is 79.1 Å². The Hall–Kier alpha value is -1.34. The Kier molecular flexibility index (Phi) is 3.26. The number of anilines is 1. The van der Waals surface area contributed by atoms with Crippen LogP contribution >= 0.6 is 0 Å². The van der Waals surface area contributed by atoms with Crippen molar-refractivity contribution in [1.82, 2.24) is 0 Å².